The van der Waals surface area contributed by atoms with E-state index in [2.05, 4.69) is 5.32 Å². The van der Waals surface area contributed by atoms with Crippen molar-refractivity contribution in [2.75, 3.05) is 19.0 Å². The third-order valence-corrected chi connectivity index (χ3v) is 6.33. The highest BCUT2D eigenvalue weighted by Crippen LogP contribution is 2.32. The molecule has 2 aliphatic rings. The zero-order chi connectivity index (χ0) is 23.2. The molecule has 8 heteroatoms. The summed E-state index contributed by atoms with van der Waals surface area (Å²) in [6, 6.07) is 12.0. The van der Waals surface area contributed by atoms with Crippen LogP contribution in [0.2, 0.25) is 0 Å². The van der Waals surface area contributed by atoms with Crippen molar-refractivity contribution < 1.29 is 23.5 Å². The normalized spacial score (nSPS) is 18.9. The van der Waals surface area contributed by atoms with E-state index in [1.165, 1.54) is 29.2 Å². The molecular formula is C25H28ClFN2O4. The van der Waals surface area contributed by atoms with Crippen molar-refractivity contribution in [3.63, 3.8) is 0 Å². The summed E-state index contributed by atoms with van der Waals surface area (Å²) in [4.78, 5) is 27.9. The van der Waals surface area contributed by atoms with Gasteiger partial charge in [0.05, 0.1) is 6.54 Å². The van der Waals surface area contributed by atoms with Crippen molar-refractivity contribution in [1.82, 2.24) is 10.2 Å². The van der Waals surface area contributed by atoms with Crippen LogP contribution >= 0.6 is 11.6 Å². The Labute approximate surface area is 198 Å². The highest BCUT2D eigenvalue weighted by Gasteiger charge is 2.35. The Morgan fingerprint density at radius 3 is 2.45 bits per heavy atom. The molecule has 0 radical (unpaired) electrons. The number of nitrogens with one attached hydrogen (secondary N) is 1. The minimum atomic E-state index is -0.959. The van der Waals surface area contributed by atoms with Crippen LogP contribution in [0.1, 0.15) is 43.7 Å². The lowest BCUT2D eigenvalue weighted by atomic mass is 9.94. The maximum atomic E-state index is 13.6. The number of benzene rings is 2. The molecule has 1 saturated carbocycles. The first-order valence-electron chi connectivity index (χ1n) is 11.3. The van der Waals surface area contributed by atoms with Crippen molar-refractivity contribution in [2.45, 2.75) is 50.3 Å². The van der Waals surface area contributed by atoms with Crippen molar-refractivity contribution in [1.29, 1.82) is 0 Å². The molecule has 0 bridgehead atoms. The Kier molecular flexibility index (Phi) is 7.70. The number of fused-ring (bicyclic) bond motifs is 1. The predicted molar refractivity (Wildman–Crippen MR) is 123 cm³/mol. The summed E-state index contributed by atoms with van der Waals surface area (Å²) in [7, 11) is 0. The number of rotatable bonds is 7. The van der Waals surface area contributed by atoms with Gasteiger partial charge in [0.15, 0.2) is 17.6 Å². The van der Waals surface area contributed by atoms with E-state index in [9.17, 15) is 14.0 Å². The van der Waals surface area contributed by atoms with Gasteiger partial charge in [-0.05, 0) is 42.7 Å². The number of hydrogen-bond donors (Lipinski definition) is 1. The summed E-state index contributed by atoms with van der Waals surface area (Å²) in [6.45, 7) is 0.323. The third-order valence-electron chi connectivity index (χ3n) is 6.10. The second kappa shape index (κ2) is 10.9. The molecule has 176 valence electrons. The highest BCUT2D eigenvalue weighted by molar-refractivity contribution is 6.27. The van der Waals surface area contributed by atoms with Gasteiger partial charge in [-0.1, -0.05) is 43.5 Å². The van der Waals surface area contributed by atoms with E-state index in [1.807, 2.05) is 18.2 Å². The lowest BCUT2D eigenvalue weighted by Gasteiger charge is -2.36. The monoisotopic (exact) mass is 474 g/mol. The Balaban J connectivity index is 1.59. The van der Waals surface area contributed by atoms with Crippen LogP contribution < -0.4 is 14.8 Å². The van der Waals surface area contributed by atoms with Gasteiger partial charge in [-0.3, -0.25) is 9.59 Å². The number of amides is 2. The molecule has 2 unspecified atom stereocenters. The fourth-order valence-electron chi connectivity index (χ4n) is 4.45. The predicted octanol–water partition coefficient (Wildman–Crippen LogP) is 4.22. The number of carbonyl (C=O) groups excluding carboxylic acids is 2. The molecule has 1 N–H and O–H groups in total. The zero-order valence-corrected chi connectivity index (χ0v) is 19.1. The van der Waals surface area contributed by atoms with Crippen molar-refractivity contribution in [2.24, 2.45) is 0 Å². The Bertz CT molecular complexity index is 965. The first-order valence-corrected chi connectivity index (χ1v) is 11.9. The van der Waals surface area contributed by atoms with Gasteiger partial charge in [0.2, 0.25) is 11.8 Å². The average Bonchev–Trinajstić information content (AvgIpc) is 2.85. The van der Waals surface area contributed by atoms with Crippen LogP contribution in [0.3, 0.4) is 0 Å². The average molecular weight is 475 g/mol. The van der Waals surface area contributed by atoms with E-state index in [0.29, 0.717) is 17.1 Å². The quantitative estimate of drug-likeness (QED) is 0.610. The summed E-state index contributed by atoms with van der Waals surface area (Å²) in [5.74, 6) is -0.207. The molecule has 2 aromatic rings. The molecule has 0 aromatic heterocycles. The maximum Gasteiger partial charge on any atom is 0.247 e. The second-order valence-electron chi connectivity index (χ2n) is 8.47. The largest absolute Gasteiger partial charge is 0.486 e. The highest BCUT2D eigenvalue weighted by atomic mass is 35.5. The first-order chi connectivity index (χ1) is 16.0. The minimum Gasteiger partial charge on any atom is -0.486 e. The lowest BCUT2D eigenvalue weighted by molar-refractivity contribution is -0.141. The SMILES string of the molecule is O=C(NC1CCCCC1)C(c1ccc(F)cc1)N(CC1COc2ccccc2O1)C(=O)CCl. The van der Waals surface area contributed by atoms with Crippen LogP contribution in [-0.2, 0) is 9.59 Å². The van der Waals surface area contributed by atoms with E-state index < -0.39 is 23.9 Å². The van der Waals surface area contributed by atoms with Gasteiger partial charge in [-0.15, -0.1) is 11.6 Å². The topological polar surface area (TPSA) is 67.9 Å². The molecule has 4 rings (SSSR count). The second-order valence-corrected chi connectivity index (χ2v) is 8.74. The number of alkyl halides is 1. The molecule has 2 amide bonds. The van der Waals surface area contributed by atoms with Crippen molar-refractivity contribution >= 4 is 23.4 Å². The molecule has 2 aromatic carbocycles. The van der Waals surface area contributed by atoms with Crippen LogP contribution in [0.15, 0.2) is 48.5 Å². The molecule has 2 atom stereocenters. The summed E-state index contributed by atoms with van der Waals surface area (Å²) in [5, 5.41) is 3.10. The molecule has 1 fully saturated rings. The molecular weight excluding hydrogens is 447 g/mol. The van der Waals surface area contributed by atoms with Gasteiger partial charge in [0, 0.05) is 6.04 Å². The standard InChI is InChI=1S/C25H28ClFN2O4/c26-14-23(30)29(15-20-16-32-21-8-4-5-9-22(21)33-20)24(17-10-12-18(27)13-11-17)25(31)28-19-6-2-1-3-7-19/h4-5,8-13,19-20,24H,1-3,6-7,14-16H2,(H,28,31). The Hall–Kier alpha value is -2.80. The Morgan fingerprint density at radius 2 is 1.76 bits per heavy atom. The fraction of sp³-hybridized carbons (Fsp3) is 0.440. The molecule has 0 spiro atoms. The zero-order valence-electron chi connectivity index (χ0n) is 18.3. The number of para-hydroxylation sites is 2. The maximum absolute atomic E-state index is 13.6. The number of carbonyl (C=O) groups is 2. The van der Waals surface area contributed by atoms with Gasteiger partial charge >= 0.3 is 0 Å². The van der Waals surface area contributed by atoms with Gasteiger partial charge in [-0.2, -0.15) is 0 Å². The van der Waals surface area contributed by atoms with Crippen LogP contribution in [-0.4, -0.2) is 47.9 Å². The van der Waals surface area contributed by atoms with Crippen molar-refractivity contribution in [3.05, 3.63) is 59.9 Å². The van der Waals surface area contributed by atoms with Gasteiger partial charge < -0.3 is 19.7 Å². The lowest BCUT2D eigenvalue weighted by Crippen LogP contribution is -2.51. The molecule has 1 heterocycles. The van der Waals surface area contributed by atoms with Crippen LogP contribution in [0.4, 0.5) is 4.39 Å². The van der Waals surface area contributed by atoms with E-state index in [-0.39, 0.29) is 31.0 Å². The number of hydrogen-bond acceptors (Lipinski definition) is 4. The van der Waals surface area contributed by atoms with Crippen LogP contribution in [0, 0.1) is 5.82 Å². The minimum absolute atomic E-state index is 0.0586. The third kappa shape index (κ3) is 5.77. The van der Waals surface area contributed by atoms with E-state index in [4.69, 9.17) is 21.1 Å². The van der Waals surface area contributed by atoms with Crippen molar-refractivity contribution in [3.8, 4) is 11.5 Å². The summed E-state index contributed by atoms with van der Waals surface area (Å²) in [5.41, 5.74) is 0.514. The van der Waals surface area contributed by atoms with E-state index in [1.54, 1.807) is 6.07 Å². The van der Waals surface area contributed by atoms with Gasteiger partial charge in [0.1, 0.15) is 24.3 Å². The van der Waals surface area contributed by atoms with Crippen LogP contribution in [0.5, 0.6) is 11.5 Å². The van der Waals surface area contributed by atoms with E-state index in [0.717, 1.165) is 32.1 Å². The fourth-order valence-corrected chi connectivity index (χ4v) is 4.60. The number of nitrogens with zero attached hydrogens (tertiary/aromatic N) is 1. The Morgan fingerprint density at radius 1 is 1.06 bits per heavy atom. The van der Waals surface area contributed by atoms with E-state index >= 15 is 0 Å². The molecule has 33 heavy (non-hydrogen) atoms. The summed E-state index contributed by atoms with van der Waals surface area (Å²) < 4.78 is 25.5. The smallest absolute Gasteiger partial charge is 0.247 e. The molecule has 1 aliphatic heterocycles. The number of ether oxygens (including phenoxy) is 2. The van der Waals surface area contributed by atoms with Crippen LogP contribution in [0.25, 0.3) is 0 Å². The first kappa shape index (κ1) is 23.4. The molecule has 6 nitrogen and oxygen atoms in total. The summed E-state index contributed by atoms with van der Waals surface area (Å²) >= 11 is 5.94. The van der Waals surface area contributed by atoms with Gasteiger partial charge in [0.25, 0.3) is 0 Å². The van der Waals surface area contributed by atoms with Gasteiger partial charge in [-0.25, -0.2) is 4.39 Å². The number of halogens is 2. The molecule has 0 saturated heterocycles. The molecule has 1 aliphatic carbocycles. The summed E-state index contributed by atoms with van der Waals surface area (Å²) in [6.07, 6.45) is 4.60.